The highest BCUT2D eigenvalue weighted by Gasteiger charge is 2.34. The van der Waals surface area contributed by atoms with Gasteiger partial charge in [0.15, 0.2) is 5.82 Å². The van der Waals surface area contributed by atoms with Gasteiger partial charge in [-0.15, -0.1) is 0 Å². The average molecular weight is 306 g/mol. The van der Waals surface area contributed by atoms with Crippen LogP contribution in [0.25, 0.3) is 0 Å². The van der Waals surface area contributed by atoms with Crippen molar-refractivity contribution in [3.63, 3.8) is 0 Å². The molecule has 3 rings (SSSR count). The maximum Gasteiger partial charge on any atom is 0.225 e. The van der Waals surface area contributed by atoms with Crippen molar-refractivity contribution in [3.05, 3.63) is 12.3 Å². The quantitative estimate of drug-likeness (QED) is 0.754. The van der Waals surface area contributed by atoms with Gasteiger partial charge in [-0.25, -0.2) is 0 Å². The molecule has 122 valence electrons. The van der Waals surface area contributed by atoms with Crippen molar-refractivity contribution in [2.24, 2.45) is 5.92 Å². The second-order valence-electron chi connectivity index (χ2n) is 6.54. The minimum absolute atomic E-state index is 0.0911. The van der Waals surface area contributed by atoms with Crippen molar-refractivity contribution in [1.29, 1.82) is 0 Å². The van der Waals surface area contributed by atoms with Crippen LogP contribution in [-0.2, 0) is 16.1 Å². The molecule has 1 aromatic heterocycles. The van der Waals surface area contributed by atoms with E-state index in [4.69, 9.17) is 4.74 Å². The Morgan fingerprint density at radius 3 is 2.95 bits per heavy atom. The maximum absolute atomic E-state index is 12.2. The van der Waals surface area contributed by atoms with E-state index in [1.165, 1.54) is 12.8 Å². The van der Waals surface area contributed by atoms with Gasteiger partial charge in [0.1, 0.15) is 0 Å². The Bertz CT molecular complexity index is 490. The van der Waals surface area contributed by atoms with Gasteiger partial charge in [-0.1, -0.05) is 0 Å². The summed E-state index contributed by atoms with van der Waals surface area (Å²) < 4.78 is 6.87. The van der Waals surface area contributed by atoms with Crippen LogP contribution in [0.1, 0.15) is 38.5 Å². The number of hydrogen-bond acceptors (Lipinski definition) is 4. The van der Waals surface area contributed by atoms with E-state index >= 15 is 0 Å². The smallest absolute Gasteiger partial charge is 0.225 e. The number of rotatable bonds is 7. The largest absolute Gasteiger partial charge is 0.385 e. The topological polar surface area (TPSA) is 68.2 Å². The first-order valence-corrected chi connectivity index (χ1v) is 8.31. The standard InChI is InChI=1S/C16H26N4O2/c1-22-8-2-6-20-7-5-15(19-20)18-16(21)11-12-9-13-3-4-14(10-12)17-13/h5,7,12-14,17H,2-4,6,8-11H2,1H3,(H,18,19,21). The van der Waals surface area contributed by atoms with Crippen molar-refractivity contribution in [2.45, 2.75) is 57.2 Å². The lowest BCUT2D eigenvalue weighted by Gasteiger charge is -2.28. The lowest BCUT2D eigenvalue weighted by atomic mass is 9.89. The number of carbonyl (C=O) groups is 1. The molecule has 0 aliphatic carbocycles. The zero-order chi connectivity index (χ0) is 15.4. The van der Waals surface area contributed by atoms with Crippen molar-refractivity contribution >= 4 is 11.7 Å². The van der Waals surface area contributed by atoms with E-state index in [1.807, 2.05) is 16.9 Å². The number of aromatic nitrogens is 2. The summed E-state index contributed by atoms with van der Waals surface area (Å²) in [6.45, 7) is 1.53. The summed E-state index contributed by atoms with van der Waals surface area (Å²) in [5, 5.41) is 10.9. The number of fused-ring (bicyclic) bond motifs is 2. The molecule has 2 N–H and O–H groups in total. The van der Waals surface area contributed by atoms with Crippen LogP contribution in [0.4, 0.5) is 5.82 Å². The van der Waals surface area contributed by atoms with Gasteiger partial charge in [0, 0.05) is 51.0 Å². The first-order chi connectivity index (χ1) is 10.7. The molecule has 0 radical (unpaired) electrons. The molecule has 6 nitrogen and oxygen atoms in total. The number of amides is 1. The van der Waals surface area contributed by atoms with E-state index < -0.39 is 0 Å². The van der Waals surface area contributed by atoms with Gasteiger partial charge in [-0.05, 0) is 38.0 Å². The predicted octanol–water partition coefficient (Wildman–Crippen LogP) is 1.78. The summed E-state index contributed by atoms with van der Waals surface area (Å²) in [6, 6.07) is 3.13. The molecule has 0 aromatic carbocycles. The van der Waals surface area contributed by atoms with Crippen LogP contribution in [0.5, 0.6) is 0 Å². The van der Waals surface area contributed by atoms with Crippen LogP contribution in [0.2, 0.25) is 0 Å². The lowest BCUT2D eigenvalue weighted by molar-refractivity contribution is -0.117. The fourth-order valence-corrected chi connectivity index (χ4v) is 3.72. The second kappa shape index (κ2) is 7.24. The molecule has 0 spiro atoms. The van der Waals surface area contributed by atoms with E-state index in [1.54, 1.807) is 7.11 Å². The molecule has 6 heteroatoms. The summed E-state index contributed by atoms with van der Waals surface area (Å²) >= 11 is 0. The second-order valence-corrected chi connectivity index (χ2v) is 6.54. The number of anilines is 1. The molecule has 2 bridgehead atoms. The molecule has 2 aliphatic rings. The highest BCUT2D eigenvalue weighted by atomic mass is 16.5. The molecule has 3 heterocycles. The number of nitrogens with one attached hydrogen (secondary N) is 2. The number of ether oxygens (including phenoxy) is 1. The first-order valence-electron chi connectivity index (χ1n) is 8.31. The molecular weight excluding hydrogens is 280 g/mol. The van der Waals surface area contributed by atoms with E-state index in [0.717, 1.165) is 32.4 Å². The van der Waals surface area contributed by atoms with E-state index in [2.05, 4.69) is 15.7 Å². The number of hydrogen-bond donors (Lipinski definition) is 2. The SMILES string of the molecule is COCCCn1ccc(NC(=O)CC2CC3CCC(C2)N3)n1. The van der Waals surface area contributed by atoms with Gasteiger partial charge >= 0.3 is 0 Å². The minimum Gasteiger partial charge on any atom is -0.385 e. The number of nitrogens with zero attached hydrogens (tertiary/aromatic N) is 2. The van der Waals surface area contributed by atoms with Crippen LogP contribution in [-0.4, -0.2) is 41.5 Å². The van der Waals surface area contributed by atoms with Gasteiger partial charge in [0.05, 0.1) is 0 Å². The molecule has 0 saturated carbocycles. The van der Waals surface area contributed by atoms with E-state index in [9.17, 15) is 4.79 Å². The number of carbonyl (C=O) groups excluding carboxylic acids is 1. The van der Waals surface area contributed by atoms with Crippen LogP contribution >= 0.6 is 0 Å². The van der Waals surface area contributed by atoms with E-state index in [-0.39, 0.29) is 5.91 Å². The Labute approximate surface area is 131 Å². The van der Waals surface area contributed by atoms with Crippen LogP contribution in [0.3, 0.4) is 0 Å². The molecule has 2 atom stereocenters. The molecule has 2 fully saturated rings. The highest BCUT2D eigenvalue weighted by molar-refractivity contribution is 5.89. The van der Waals surface area contributed by atoms with Gasteiger partial charge in [0.2, 0.25) is 5.91 Å². The summed E-state index contributed by atoms with van der Waals surface area (Å²) in [5.74, 6) is 1.26. The Balaban J connectivity index is 1.43. The molecular formula is C16H26N4O2. The Hall–Kier alpha value is -1.40. The van der Waals surface area contributed by atoms with Crippen LogP contribution < -0.4 is 10.6 Å². The molecule has 2 aliphatic heterocycles. The first kappa shape index (κ1) is 15.5. The van der Waals surface area contributed by atoms with Gasteiger partial charge in [-0.2, -0.15) is 5.10 Å². The van der Waals surface area contributed by atoms with Gasteiger partial charge in [0.25, 0.3) is 0 Å². The van der Waals surface area contributed by atoms with Gasteiger partial charge in [-0.3, -0.25) is 9.48 Å². The predicted molar refractivity (Wildman–Crippen MR) is 84.6 cm³/mol. The average Bonchev–Trinajstić information content (AvgIpc) is 3.06. The minimum atomic E-state index is 0.0911. The number of methoxy groups -OCH3 is 1. The van der Waals surface area contributed by atoms with Crippen molar-refractivity contribution in [2.75, 3.05) is 19.0 Å². The normalized spacial score (nSPS) is 27.0. The third kappa shape index (κ3) is 4.08. The lowest BCUT2D eigenvalue weighted by Crippen LogP contribution is -2.39. The van der Waals surface area contributed by atoms with Crippen molar-refractivity contribution in [3.8, 4) is 0 Å². The highest BCUT2D eigenvalue weighted by Crippen LogP contribution is 2.32. The monoisotopic (exact) mass is 306 g/mol. The summed E-state index contributed by atoms with van der Waals surface area (Å²) in [5.41, 5.74) is 0. The maximum atomic E-state index is 12.2. The van der Waals surface area contributed by atoms with Gasteiger partial charge < -0.3 is 15.4 Å². The molecule has 22 heavy (non-hydrogen) atoms. The zero-order valence-electron chi connectivity index (χ0n) is 13.3. The van der Waals surface area contributed by atoms with Crippen LogP contribution in [0, 0.1) is 5.92 Å². The summed E-state index contributed by atoms with van der Waals surface area (Å²) in [6.07, 6.45) is 8.25. The molecule has 1 aromatic rings. The Morgan fingerprint density at radius 2 is 2.23 bits per heavy atom. The zero-order valence-corrected chi connectivity index (χ0v) is 13.3. The fraction of sp³-hybridized carbons (Fsp3) is 0.750. The number of piperidine rings is 1. The van der Waals surface area contributed by atoms with Crippen molar-refractivity contribution in [1.82, 2.24) is 15.1 Å². The third-order valence-corrected chi connectivity index (χ3v) is 4.69. The third-order valence-electron chi connectivity index (χ3n) is 4.69. The Kier molecular flexibility index (Phi) is 5.10. The van der Waals surface area contributed by atoms with Crippen molar-refractivity contribution < 1.29 is 9.53 Å². The summed E-state index contributed by atoms with van der Waals surface area (Å²) in [4.78, 5) is 12.2. The molecule has 1 amide bonds. The molecule has 2 saturated heterocycles. The summed E-state index contributed by atoms with van der Waals surface area (Å²) in [7, 11) is 1.70. The van der Waals surface area contributed by atoms with Crippen LogP contribution in [0.15, 0.2) is 12.3 Å². The van der Waals surface area contributed by atoms with E-state index in [0.29, 0.717) is 30.2 Å². The Morgan fingerprint density at radius 1 is 1.45 bits per heavy atom. The fourth-order valence-electron chi connectivity index (χ4n) is 3.72. The number of aryl methyl sites for hydroxylation is 1. The molecule has 2 unspecified atom stereocenters.